The standard InChI is InChI=1S/C30H26N4O4/c35-29(33-31-19-23-11-15-27(16-12-23)37-21-25-7-3-1-4-8-25)30(36)34-32-20-24-13-17-28(18-14-24)38-22-26-9-5-2-6-10-26/h1-20H,21-22H2,(H,33,35)(H,34,36)/b31-19+,32-20+. The third-order valence-electron chi connectivity index (χ3n) is 5.22. The quantitative estimate of drug-likeness (QED) is 0.189. The number of nitrogens with zero attached hydrogens (tertiary/aromatic N) is 2. The fourth-order valence-corrected chi connectivity index (χ4v) is 3.21. The van der Waals surface area contributed by atoms with Crippen LogP contribution in [-0.4, -0.2) is 24.2 Å². The van der Waals surface area contributed by atoms with E-state index in [2.05, 4.69) is 21.1 Å². The molecule has 0 saturated heterocycles. The molecule has 4 rings (SSSR count). The molecule has 0 radical (unpaired) electrons. The molecule has 0 aromatic heterocycles. The highest BCUT2D eigenvalue weighted by Gasteiger charge is 2.11. The van der Waals surface area contributed by atoms with E-state index in [1.54, 1.807) is 48.5 Å². The Bertz CT molecular complexity index is 1260. The first-order valence-electron chi connectivity index (χ1n) is 11.9. The zero-order valence-electron chi connectivity index (χ0n) is 20.5. The summed E-state index contributed by atoms with van der Waals surface area (Å²) in [4.78, 5) is 23.9. The first-order valence-corrected chi connectivity index (χ1v) is 11.9. The van der Waals surface area contributed by atoms with Crippen LogP contribution in [0.5, 0.6) is 11.5 Å². The monoisotopic (exact) mass is 506 g/mol. The Labute approximate surface area is 220 Å². The molecular weight excluding hydrogens is 480 g/mol. The molecule has 8 heteroatoms. The fraction of sp³-hybridized carbons (Fsp3) is 0.0667. The molecule has 0 unspecified atom stereocenters. The maximum atomic E-state index is 11.9. The summed E-state index contributed by atoms with van der Waals surface area (Å²) in [6.45, 7) is 0.937. The molecule has 4 aromatic rings. The van der Waals surface area contributed by atoms with E-state index in [1.807, 2.05) is 60.7 Å². The second kappa shape index (κ2) is 13.7. The number of rotatable bonds is 10. The molecule has 0 fully saturated rings. The molecule has 38 heavy (non-hydrogen) atoms. The Morgan fingerprint density at radius 1 is 0.553 bits per heavy atom. The average Bonchev–Trinajstić information content (AvgIpc) is 2.97. The van der Waals surface area contributed by atoms with Crippen LogP contribution in [0.25, 0.3) is 0 Å². The number of carbonyl (C=O) groups excluding carboxylic acids is 2. The maximum absolute atomic E-state index is 11.9. The highest BCUT2D eigenvalue weighted by molar-refractivity contribution is 6.35. The molecule has 2 N–H and O–H groups in total. The predicted octanol–water partition coefficient (Wildman–Crippen LogP) is 4.45. The van der Waals surface area contributed by atoms with E-state index in [0.29, 0.717) is 24.7 Å². The van der Waals surface area contributed by atoms with Crippen molar-refractivity contribution < 1.29 is 19.1 Å². The van der Waals surface area contributed by atoms with E-state index in [1.165, 1.54) is 12.4 Å². The third kappa shape index (κ3) is 8.46. The van der Waals surface area contributed by atoms with Crippen molar-refractivity contribution in [3.8, 4) is 11.5 Å². The lowest BCUT2D eigenvalue weighted by atomic mass is 10.2. The van der Waals surface area contributed by atoms with Crippen LogP contribution in [0.1, 0.15) is 22.3 Å². The second-order valence-corrected chi connectivity index (χ2v) is 8.08. The lowest BCUT2D eigenvalue weighted by Crippen LogP contribution is -2.35. The van der Waals surface area contributed by atoms with Crippen LogP contribution >= 0.6 is 0 Å². The summed E-state index contributed by atoms with van der Waals surface area (Å²) < 4.78 is 11.5. The van der Waals surface area contributed by atoms with Gasteiger partial charge in [-0.3, -0.25) is 9.59 Å². The summed E-state index contributed by atoms with van der Waals surface area (Å²) in [5.41, 5.74) is 7.95. The Morgan fingerprint density at radius 3 is 1.29 bits per heavy atom. The van der Waals surface area contributed by atoms with Crippen molar-refractivity contribution in [2.24, 2.45) is 10.2 Å². The van der Waals surface area contributed by atoms with Crippen LogP contribution in [-0.2, 0) is 22.8 Å². The van der Waals surface area contributed by atoms with Crippen LogP contribution in [0.15, 0.2) is 119 Å². The van der Waals surface area contributed by atoms with Gasteiger partial charge in [0.05, 0.1) is 12.4 Å². The van der Waals surface area contributed by atoms with Gasteiger partial charge >= 0.3 is 11.8 Å². The Morgan fingerprint density at radius 2 is 0.921 bits per heavy atom. The van der Waals surface area contributed by atoms with E-state index in [-0.39, 0.29) is 0 Å². The molecule has 0 aliphatic rings. The lowest BCUT2D eigenvalue weighted by molar-refractivity contribution is -0.139. The number of hydrazone groups is 2. The van der Waals surface area contributed by atoms with E-state index in [4.69, 9.17) is 9.47 Å². The smallest absolute Gasteiger partial charge is 0.331 e. The van der Waals surface area contributed by atoms with Gasteiger partial charge in [-0.1, -0.05) is 60.7 Å². The Kier molecular flexibility index (Phi) is 9.35. The van der Waals surface area contributed by atoms with Crippen molar-refractivity contribution in [2.45, 2.75) is 13.2 Å². The van der Waals surface area contributed by atoms with Crippen molar-refractivity contribution in [3.63, 3.8) is 0 Å². The summed E-state index contributed by atoms with van der Waals surface area (Å²) in [6, 6.07) is 34.1. The van der Waals surface area contributed by atoms with Crippen LogP contribution in [0.4, 0.5) is 0 Å². The van der Waals surface area contributed by atoms with E-state index < -0.39 is 11.8 Å². The first kappa shape index (κ1) is 25.8. The normalized spacial score (nSPS) is 10.8. The minimum absolute atomic E-state index is 0.469. The van der Waals surface area contributed by atoms with Crippen molar-refractivity contribution in [3.05, 3.63) is 131 Å². The number of nitrogens with one attached hydrogen (secondary N) is 2. The number of benzene rings is 4. The van der Waals surface area contributed by atoms with Crippen molar-refractivity contribution >= 4 is 24.2 Å². The van der Waals surface area contributed by atoms with E-state index in [0.717, 1.165) is 22.3 Å². The molecule has 4 aromatic carbocycles. The van der Waals surface area contributed by atoms with Gasteiger partial charge in [0.1, 0.15) is 24.7 Å². The van der Waals surface area contributed by atoms with Gasteiger partial charge in [-0.05, 0) is 70.8 Å². The van der Waals surface area contributed by atoms with Crippen LogP contribution in [0.3, 0.4) is 0 Å². The number of ether oxygens (including phenoxy) is 2. The maximum Gasteiger partial charge on any atom is 0.331 e. The summed E-state index contributed by atoms with van der Waals surface area (Å²) in [6.07, 6.45) is 2.85. The molecule has 2 amide bonds. The second-order valence-electron chi connectivity index (χ2n) is 8.08. The van der Waals surface area contributed by atoms with Crippen molar-refractivity contribution in [2.75, 3.05) is 0 Å². The molecule has 0 heterocycles. The van der Waals surface area contributed by atoms with Gasteiger partial charge < -0.3 is 9.47 Å². The summed E-state index contributed by atoms with van der Waals surface area (Å²) in [5, 5.41) is 7.62. The first-order chi connectivity index (χ1) is 18.7. The van der Waals surface area contributed by atoms with Crippen molar-refractivity contribution in [1.82, 2.24) is 10.9 Å². The summed E-state index contributed by atoms with van der Waals surface area (Å²) in [5.74, 6) is -0.458. The zero-order valence-corrected chi connectivity index (χ0v) is 20.5. The van der Waals surface area contributed by atoms with Crippen molar-refractivity contribution in [1.29, 1.82) is 0 Å². The van der Waals surface area contributed by atoms with Gasteiger partial charge in [0, 0.05) is 0 Å². The molecule has 0 bridgehead atoms. The molecule has 0 spiro atoms. The SMILES string of the molecule is O=C(N/N=C/c1ccc(OCc2ccccc2)cc1)C(=O)N/N=C/c1ccc(OCc2ccccc2)cc1. The molecule has 0 aliphatic carbocycles. The highest BCUT2D eigenvalue weighted by atomic mass is 16.5. The number of carbonyl (C=O) groups is 2. The fourth-order valence-electron chi connectivity index (χ4n) is 3.21. The topological polar surface area (TPSA) is 101 Å². The molecule has 190 valence electrons. The molecule has 0 aliphatic heterocycles. The average molecular weight is 507 g/mol. The van der Waals surface area contributed by atoms with Crippen LogP contribution in [0, 0.1) is 0 Å². The van der Waals surface area contributed by atoms with Gasteiger partial charge in [-0.25, -0.2) is 10.9 Å². The number of hydrogen-bond donors (Lipinski definition) is 2. The highest BCUT2D eigenvalue weighted by Crippen LogP contribution is 2.14. The Hall–Kier alpha value is -5.24. The van der Waals surface area contributed by atoms with Gasteiger partial charge in [0.2, 0.25) is 0 Å². The van der Waals surface area contributed by atoms with E-state index in [9.17, 15) is 9.59 Å². The van der Waals surface area contributed by atoms with Gasteiger partial charge in [0.15, 0.2) is 0 Å². The minimum Gasteiger partial charge on any atom is -0.489 e. The zero-order chi connectivity index (χ0) is 26.4. The molecular formula is C30H26N4O4. The lowest BCUT2D eigenvalue weighted by Gasteiger charge is -2.06. The number of hydrogen-bond acceptors (Lipinski definition) is 6. The molecule has 8 nitrogen and oxygen atoms in total. The van der Waals surface area contributed by atoms with Gasteiger partial charge in [-0.2, -0.15) is 10.2 Å². The molecule has 0 atom stereocenters. The van der Waals surface area contributed by atoms with Crippen LogP contribution in [0.2, 0.25) is 0 Å². The summed E-state index contributed by atoms with van der Waals surface area (Å²) in [7, 11) is 0. The third-order valence-corrected chi connectivity index (χ3v) is 5.22. The van der Waals surface area contributed by atoms with Crippen LogP contribution < -0.4 is 20.3 Å². The van der Waals surface area contributed by atoms with Gasteiger partial charge in [-0.15, -0.1) is 0 Å². The predicted molar refractivity (Wildman–Crippen MR) is 146 cm³/mol. The largest absolute Gasteiger partial charge is 0.489 e. The number of amides is 2. The van der Waals surface area contributed by atoms with Gasteiger partial charge in [0.25, 0.3) is 0 Å². The Balaban J connectivity index is 1.16. The minimum atomic E-state index is -0.939. The summed E-state index contributed by atoms with van der Waals surface area (Å²) >= 11 is 0. The molecule has 0 saturated carbocycles. The van der Waals surface area contributed by atoms with E-state index >= 15 is 0 Å².